The summed E-state index contributed by atoms with van der Waals surface area (Å²) in [6.45, 7) is 12.1. The Morgan fingerprint density at radius 2 is 1.78 bits per heavy atom. The van der Waals surface area contributed by atoms with E-state index in [-0.39, 0.29) is 0 Å². The van der Waals surface area contributed by atoms with Gasteiger partial charge in [-0.05, 0) is 20.8 Å². The van der Waals surface area contributed by atoms with Gasteiger partial charge in [-0.2, -0.15) is 0 Å². The van der Waals surface area contributed by atoms with Crippen LogP contribution >= 0.6 is 0 Å². The second-order valence-electron chi connectivity index (χ2n) is 2.83. The van der Waals surface area contributed by atoms with Crippen LogP contribution in [0, 0.1) is 0 Å². The average Bonchev–Trinajstić information content (AvgIpc) is 1.64. The van der Waals surface area contributed by atoms with E-state index in [1.807, 2.05) is 0 Å². The van der Waals surface area contributed by atoms with Crippen LogP contribution in [0.4, 0.5) is 0 Å². The first-order valence-corrected chi connectivity index (χ1v) is 3.66. The summed E-state index contributed by atoms with van der Waals surface area (Å²) in [7, 11) is 0. The summed E-state index contributed by atoms with van der Waals surface area (Å²) in [5.41, 5.74) is 1.41. The molecule has 0 N–H and O–H groups in total. The van der Waals surface area contributed by atoms with E-state index in [1.165, 1.54) is 5.71 Å². The molecule has 9 heavy (non-hydrogen) atoms. The topological polar surface area (TPSA) is 3.01 Å². The van der Waals surface area contributed by atoms with Gasteiger partial charge in [-0.3, -0.25) is 0 Å². The minimum absolute atomic E-state index is 0.653. The van der Waals surface area contributed by atoms with E-state index in [1.54, 1.807) is 0 Å². The van der Waals surface area contributed by atoms with Crippen molar-refractivity contribution in [3.05, 3.63) is 0 Å². The van der Waals surface area contributed by atoms with Crippen molar-refractivity contribution in [1.82, 2.24) is 0 Å². The summed E-state index contributed by atoms with van der Waals surface area (Å²) < 4.78 is 2.38. The molecule has 0 amide bonds. The minimum Gasteiger partial charge on any atom is -0.236 e. The summed E-state index contributed by atoms with van der Waals surface area (Å²) in [6, 6.07) is 0.653. The molecule has 0 saturated heterocycles. The molecule has 0 aliphatic carbocycles. The lowest BCUT2D eigenvalue weighted by atomic mass is 10.3. The Hall–Kier alpha value is -0.330. The fraction of sp³-hybridized carbons (Fsp3) is 0.875. The Morgan fingerprint density at radius 3 is 1.78 bits per heavy atom. The van der Waals surface area contributed by atoms with Crippen molar-refractivity contribution in [3.8, 4) is 0 Å². The zero-order valence-corrected chi connectivity index (χ0v) is 7.23. The third-order valence-corrected chi connectivity index (χ3v) is 1.54. The number of rotatable bonds is 2. The van der Waals surface area contributed by atoms with Gasteiger partial charge in [0.05, 0.1) is 0 Å². The molecule has 0 aromatic rings. The van der Waals surface area contributed by atoms with Gasteiger partial charge in [-0.1, -0.05) is 0 Å². The van der Waals surface area contributed by atoms with Gasteiger partial charge in [0.1, 0.15) is 18.3 Å². The molecule has 0 fully saturated rings. The SMILES string of the molecule is CC[N+](=C(C)C)C(C)C. The molecule has 0 atom stereocenters. The molecule has 0 heterocycles. The van der Waals surface area contributed by atoms with Crippen molar-refractivity contribution in [2.75, 3.05) is 6.54 Å². The third-order valence-electron chi connectivity index (χ3n) is 1.54. The molecule has 1 heteroatoms. The van der Waals surface area contributed by atoms with E-state index in [9.17, 15) is 0 Å². The monoisotopic (exact) mass is 128 g/mol. The van der Waals surface area contributed by atoms with Crippen molar-refractivity contribution < 1.29 is 4.58 Å². The van der Waals surface area contributed by atoms with E-state index in [0.717, 1.165) is 6.54 Å². The molecule has 1 nitrogen and oxygen atoms in total. The van der Waals surface area contributed by atoms with Crippen LogP contribution in [0.15, 0.2) is 0 Å². The summed E-state index contributed by atoms with van der Waals surface area (Å²) >= 11 is 0. The first kappa shape index (κ1) is 8.67. The molecule has 54 valence electrons. The Morgan fingerprint density at radius 1 is 1.33 bits per heavy atom. The predicted molar refractivity (Wildman–Crippen MR) is 42.3 cm³/mol. The fourth-order valence-corrected chi connectivity index (χ4v) is 1.20. The Kier molecular flexibility index (Phi) is 3.52. The average molecular weight is 128 g/mol. The molecule has 0 spiro atoms. The maximum atomic E-state index is 2.38. The largest absolute Gasteiger partial charge is 0.236 e. The smallest absolute Gasteiger partial charge is 0.147 e. The van der Waals surface area contributed by atoms with Gasteiger partial charge in [0.2, 0.25) is 0 Å². The lowest BCUT2D eigenvalue weighted by Crippen LogP contribution is -2.24. The van der Waals surface area contributed by atoms with E-state index >= 15 is 0 Å². The van der Waals surface area contributed by atoms with Crippen LogP contribution in [0.2, 0.25) is 0 Å². The number of nitrogens with zero attached hydrogens (tertiary/aromatic N) is 1. The highest BCUT2D eigenvalue weighted by atomic mass is 15.0. The first-order chi connectivity index (χ1) is 4.09. The highest BCUT2D eigenvalue weighted by molar-refractivity contribution is 5.73. The van der Waals surface area contributed by atoms with Crippen LogP contribution in [0.5, 0.6) is 0 Å². The van der Waals surface area contributed by atoms with Gasteiger partial charge in [0.25, 0.3) is 0 Å². The molecule has 0 aliphatic rings. The maximum absolute atomic E-state index is 2.38. The summed E-state index contributed by atoms with van der Waals surface area (Å²) in [4.78, 5) is 0. The van der Waals surface area contributed by atoms with Crippen LogP contribution in [0.3, 0.4) is 0 Å². The van der Waals surface area contributed by atoms with Gasteiger partial charge in [0.15, 0.2) is 0 Å². The Labute approximate surface area is 58.4 Å². The normalized spacial score (nSPS) is 10.0. The van der Waals surface area contributed by atoms with Gasteiger partial charge < -0.3 is 0 Å². The van der Waals surface area contributed by atoms with Crippen molar-refractivity contribution in [2.24, 2.45) is 0 Å². The standard InChI is InChI=1S/C8H18N/c1-6-9(7(2)3)8(4)5/h7H,6H2,1-5H3/q+1. The van der Waals surface area contributed by atoms with Gasteiger partial charge in [0, 0.05) is 13.8 Å². The number of hydrogen-bond acceptors (Lipinski definition) is 0. The van der Waals surface area contributed by atoms with Crippen molar-refractivity contribution in [2.45, 2.75) is 40.7 Å². The quantitative estimate of drug-likeness (QED) is 0.395. The van der Waals surface area contributed by atoms with Crippen LogP contribution in [0.25, 0.3) is 0 Å². The zero-order valence-electron chi connectivity index (χ0n) is 7.23. The highest BCUT2D eigenvalue weighted by Gasteiger charge is 2.06. The highest BCUT2D eigenvalue weighted by Crippen LogP contribution is 1.89. The molecule has 0 aromatic carbocycles. The summed E-state index contributed by atoms with van der Waals surface area (Å²) in [5, 5.41) is 0. The van der Waals surface area contributed by atoms with E-state index < -0.39 is 0 Å². The first-order valence-electron chi connectivity index (χ1n) is 3.66. The Bertz CT molecular complexity index is 108. The molecule has 0 aromatic heterocycles. The van der Waals surface area contributed by atoms with Crippen molar-refractivity contribution in [3.63, 3.8) is 0 Å². The minimum atomic E-state index is 0.653. The number of hydrogen-bond donors (Lipinski definition) is 0. The van der Waals surface area contributed by atoms with E-state index in [4.69, 9.17) is 0 Å². The second-order valence-corrected chi connectivity index (χ2v) is 2.83. The summed E-state index contributed by atoms with van der Waals surface area (Å²) in [6.07, 6.45) is 0. The fourth-order valence-electron chi connectivity index (χ4n) is 1.20. The van der Waals surface area contributed by atoms with E-state index in [0.29, 0.717) is 6.04 Å². The lowest BCUT2D eigenvalue weighted by Gasteiger charge is -2.05. The molecular formula is C8H18N+. The molecule has 0 aliphatic heterocycles. The van der Waals surface area contributed by atoms with Crippen LogP contribution in [-0.4, -0.2) is 22.9 Å². The molecule has 0 unspecified atom stereocenters. The van der Waals surface area contributed by atoms with Crippen LogP contribution < -0.4 is 0 Å². The molecule has 0 rings (SSSR count). The lowest BCUT2D eigenvalue weighted by molar-refractivity contribution is -0.556. The summed E-state index contributed by atoms with van der Waals surface area (Å²) in [5.74, 6) is 0. The predicted octanol–water partition coefficient (Wildman–Crippen LogP) is 1.91. The van der Waals surface area contributed by atoms with Crippen LogP contribution in [-0.2, 0) is 0 Å². The third kappa shape index (κ3) is 2.64. The molecule has 0 saturated carbocycles. The molecule has 0 radical (unpaired) electrons. The zero-order chi connectivity index (χ0) is 7.44. The van der Waals surface area contributed by atoms with Crippen molar-refractivity contribution in [1.29, 1.82) is 0 Å². The van der Waals surface area contributed by atoms with E-state index in [2.05, 4.69) is 39.2 Å². The van der Waals surface area contributed by atoms with Gasteiger partial charge in [-0.15, -0.1) is 0 Å². The second kappa shape index (κ2) is 3.65. The Balaban J connectivity index is 4.16. The maximum Gasteiger partial charge on any atom is 0.147 e. The molecular weight excluding hydrogens is 110 g/mol. The van der Waals surface area contributed by atoms with Crippen LogP contribution in [0.1, 0.15) is 34.6 Å². The van der Waals surface area contributed by atoms with Gasteiger partial charge >= 0.3 is 0 Å². The molecule has 0 bridgehead atoms. The van der Waals surface area contributed by atoms with Gasteiger partial charge in [-0.25, -0.2) is 4.58 Å². The van der Waals surface area contributed by atoms with Crippen molar-refractivity contribution >= 4 is 5.71 Å².